The molecule has 0 radical (unpaired) electrons. The van der Waals surface area contributed by atoms with Crippen LogP contribution in [0.25, 0.3) is 0 Å². The van der Waals surface area contributed by atoms with Crippen molar-refractivity contribution in [3.05, 3.63) is 53.6 Å². The minimum absolute atomic E-state index is 0.000161. The third kappa shape index (κ3) is 3.85. The molecule has 6 heteroatoms. The second-order valence-corrected chi connectivity index (χ2v) is 6.99. The predicted octanol–water partition coefficient (Wildman–Crippen LogP) is 2.30. The average molecular weight is 342 g/mol. The summed E-state index contributed by atoms with van der Waals surface area (Å²) in [4.78, 5) is 18.5. The van der Waals surface area contributed by atoms with Crippen molar-refractivity contribution in [1.82, 2.24) is 19.8 Å². The van der Waals surface area contributed by atoms with Crippen LogP contribution in [-0.4, -0.2) is 44.3 Å². The van der Waals surface area contributed by atoms with Crippen molar-refractivity contribution in [2.75, 3.05) is 13.2 Å². The van der Waals surface area contributed by atoms with Crippen LogP contribution < -0.4 is 5.32 Å². The zero-order valence-corrected chi connectivity index (χ0v) is 14.9. The Labute approximate surface area is 148 Å². The number of nitrogens with zero attached hydrogens (tertiary/aromatic N) is 3. The average Bonchev–Trinajstić information content (AvgIpc) is 3.20. The van der Waals surface area contributed by atoms with Crippen LogP contribution in [0.15, 0.2) is 36.7 Å². The first-order valence-corrected chi connectivity index (χ1v) is 8.74. The van der Waals surface area contributed by atoms with Crippen molar-refractivity contribution in [3.8, 4) is 0 Å². The summed E-state index contributed by atoms with van der Waals surface area (Å²) in [6.45, 7) is 5.87. The summed E-state index contributed by atoms with van der Waals surface area (Å²) < 4.78 is 2.09. The fourth-order valence-electron chi connectivity index (χ4n) is 3.41. The number of likely N-dealkylation sites (tertiary alicyclic amines) is 1. The highest BCUT2D eigenvalue weighted by Gasteiger charge is 2.38. The van der Waals surface area contributed by atoms with E-state index in [1.165, 1.54) is 5.56 Å². The SMILES string of the molecule is Cc1nccn1Cc1cccc(CNC(=O)N2CCCC2(C)CO)c1. The molecule has 2 aromatic rings. The molecule has 3 rings (SSSR count). The summed E-state index contributed by atoms with van der Waals surface area (Å²) in [7, 11) is 0. The first kappa shape index (κ1) is 17.5. The largest absolute Gasteiger partial charge is 0.394 e. The van der Waals surface area contributed by atoms with Gasteiger partial charge < -0.3 is 19.9 Å². The quantitative estimate of drug-likeness (QED) is 0.876. The maximum Gasteiger partial charge on any atom is 0.318 e. The lowest BCUT2D eigenvalue weighted by molar-refractivity contribution is 0.0973. The molecular weight excluding hydrogens is 316 g/mol. The topological polar surface area (TPSA) is 70.4 Å². The van der Waals surface area contributed by atoms with Gasteiger partial charge in [0, 0.05) is 32.0 Å². The van der Waals surface area contributed by atoms with Crippen molar-refractivity contribution < 1.29 is 9.90 Å². The summed E-state index contributed by atoms with van der Waals surface area (Å²) in [6, 6.07) is 8.10. The van der Waals surface area contributed by atoms with Crippen LogP contribution in [-0.2, 0) is 13.1 Å². The van der Waals surface area contributed by atoms with Gasteiger partial charge in [0.2, 0.25) is 0 Å². The molecule has 2 N–H and O–H groups in total. The Morgan fingerprint density at radius 2 is 2.20 bits per heavy atom. The van der Waals surface area contributed by atoms with Crippen molar-refractivity contribution >= 4 is 6.03 Å². The molecule has 1 fully saturated rings. The number of rotatable bonds is 5. The number of hydrogen-bond donors (Lipinski definition) is 2. The van der Waals surface area contributed by atoms with Crippen molar-refractivity contribution in [3.63, 3.8) is 0 Å². The zero-order valence-electron chi connectivity index (χ0n) is 14.9. The van der Waals surface area contributed by atoms with Crippen LogP contribution in [0, 0.1) is 6.92 Å². The van der Waals surface area contributed by atoms with Gasteiger partial charge in [-0.15, -0.1) is 0 Å². The van der Waals surface area contributed by atoms with Crippen LogP contribution in [0.3, 0.4) is 0 Å². The van der Waals surface area contributed by atoms with Gasteiger partial charge >= 0.3 is 6.03 Å². The lowest BCUT2D eigenvalue weighted by Gasteiger charge is -2.33. The van der Waals surface area contributed by atoms with E-state index >= 15 is 0 Å². The lowest BCUT2D eigenvalue weighted by Crippen LogP contribution is -2.51. The van der Waals surface area contributed by atoms with E-state index in [1.807, 2.05) is 32.2 Å². The molecule has 0 saturated carbocycles. The van der Waals surface area contributed by atoms with E-state index < -0.39 is 5.54 Å². The van der Waals surface area contributed by atoms with Gasteiger partial charge in [-0.25, -0.2) is 9.78 Å². The number of hydrogen-bond acceptors (Lipinski definition) is 3. The molecule has 2 heterocycles. The van der Waals surface area contributed by atoms with Gasteiger partial charge in [0.25, 0.3) is 0 Å². The van der Waals surface area contributed by atoms with Crippen LogP contribution in [0.2, 0.25) is 0 Å². The molecule has 1 aliphatic heterocycles. The molecule has 1 aromatic carbocycles. The maximum atomic E-state index is 12.5. The maximum absolute atomic E-state index is 12.5. The van der Waals surface area contributed by atoms with E-state index in [2.05, 4.69) is 27.0 Å². The van der Waals surface area contributed by atoms with Gasteiger partial charge in [-0.3, -0.25) is 0 Å². The Bertz CT molecular complexity index is 743. The number of aromatic nitrogens is 2. The van der Waals surface area contributed by atoms with E-state index in [9.17, 15) is 9.90 Å². The van der Waals surface area contributed by atoms with E-state index in [0.717, 1.165) is 30.8 Å². The van der Waals surface area contributed by atoms with Crippen LogP contribution in [0.4, 0.5) is 4.79 Å². The van der Waals surface area contributed by atoms with Gasteiger partial charge in [0.1, 0.15) is 5.82 Å². The Morgan fingerprint density at radius 1 is 1.40 bits per heavy atom. The highest BCUT2D eigenvalue weighted by Crippen LogP contribution is 2.28. The number of imidazole rings is 1. The van der Waals surface area contributed by atoms with Crippen molar-refractivity contribution in [2.24, 2.45) is 0 Å². The van der Waals surface area contributed by atoms with Crippen molar-refractivity contribution in [2.45, 2.75) is 45.3 Å². The normalized spacial score (nSPS) is 20.0. The Balaban J connectivity index is 1.61. The molecule has 6 nitrogen and oxygen atoms in total. The molecular formula is C19H26N4O2. The van der Waals surface area contributed by atoms with E-state index in [4.69, 9.17) is 0 Å². The Kier molecular flexibility index (Phi) is 5.08. The fourth-order valence-corrected chi connectivity index (χ4v) is 3.41. The number of urea groups is 1. The molecule has 1 saturated heterocycles. The predicted molar refractivity (Wildman–Crippen MR) is 96.2 cm³/mol. The summed E-state index contributed by atoms with van der Waals surface area (Å²) >= 11 is 0. The minimum Gasteiger partial charge on any atom is -0.394 e. The second kappa shape index (κ2) is 7.27. The number of amides is 2. The number of carbonyl (C=O) groups excluding carboxylic acids is 1. The summed E-state index contributed by atoms with van der Waals surface area (Å²) in [5.74, 6) is 0.982. The van der Waals surface area contributed by atoms with Gasteiger partial charge in [0.05, 0.1) is 12.1 Å². The summed E-state index contributed by atoms with van der Waals surface area (Å²) in [5.41, 5.74) is 1.80. The number of benzene rings is 1. The zero-order chi connectivity index (χ0) is 17.9. The lowest BCUT2D eigenvalue weighted by atomic mass is 10.0. The smallest absolute Gasteiger partial charge is 0.318 e. The van der Waals surface area contributed by atoms with E-state index in [-0.39, 0.29) is 12.6 Å². The minimum atomic E-state index is -0.440. The Morgan fingerprint density at radius 3 is 2.92 bits per heavy atom. The number of aryl methyl sites for hydroxylation is 1. The summed E-state index contributed by atoms with van der Waals surface area (Å²) in [5, 5.41) is 12.6. The molecule has 25 heavy (non-hydrogen) atoms. The fraction of sp³-hybridized carbons (Fsp3) is 0.474. The number of aliphatic hydroxyl groups is 1. The molecule has 2 amide bonds. The highest BCUT2D eigenvalue weighted by molar-refractivity contribution is 5.75. The van der Waals surface area contributed by atoms with Gasteiger partial charge in [-0.1, -0.05) is 24.3 Å². The van der Waals surface area contributed by atoms with Crippen LogP contribution in [0.1, 0.15) is 36.7 Å². The first-order valence-electron chi connectivity index (χ1n) is 8.74. The monoisotopic (exact) mass is 342 g/mol. The number of nitrogens with one attached hydrogen (secondary N) is 1. The Hall–Kier alpha value is -2.34. The third-order valence-corrected chi connectivity index (χ3v) is 5.05. The molecule has 134 valence electrons. The molecule has 1 atom stereocenters. The number of aliphatic hydroxyl groups excluding tert-OH is 1. The molecule has 0 aliphatic carbocycles. The van der Waals surface area contributed by atoms with Crippen molar-refractivity contribution in [1.29, 1.82) is 0 Å². The molecule has 1 aromatic heterocycles. The van der Waals surface area contributed by atoms with Crippen LogP contribution >= 0.6 is 0 Å². The van der Waals surface area contributed by atoms with Gasteiger partial charge in [-0.05, 0) is 37.8 Å². The van der Waals surface area contributed by atoms with Gasteiger partial charge in [-0.2, -0.15) is 0 Å². The van der Waals surface area contributed by atoms with E-state index in [1.54, 1.807) is 11.1 Å². The summed E-state index contributed by atoms with van der Waals surface area (Å²) in [6.07, 6.45) is 5.54. The molecule has 1 aliphatic rings. The standard InChI is InChI=1S/C19H26N4O2/c1-15-20-8-10-22(15)13-17-6-3-5-16(11-17)12-21-18(25)23-9-4-7-19(23,2)14-24/h3,5-6,8,10-11,24H,4,7,9,12-14H2,1-2H3,(H,21,25). The highest BCUT2D eigenvalue weighted by atomic mass is 16.3. The molecule has 0 spiro atoms. The third-order valence-electron chi connectivity index (χ3n) is 5.05. The van der Waals surface area contributed by atoms with Crippen LogP contribution in [0.5, 0.6) is 0 Å². The second-order valence-electron chi connectivity index (χ2n) is 6.99. The number of carbonyl (C=O) groups is 1. The first-order chi connectivity index (χ1) is 12.0. The van der Waals surface area contributed by atoms with E-state index in [0.29, 0.717) is 13.1 Å². The molecule has 1 unspecified atom stereocenters. The van der Waals surface area contributed by atoms with Gasteiger partial charge in [0.15, 0.2) is 0 Å². The molecule has 0 bridgehead atoms.